The van der Waals surface area contributed by atoms with Gasteiger partial charge in [0, 0.05) is 31.5 Å². The Bertz CT molecular complexity index is 267. The molecule has 2 rings (SSSR count). The highest BCUT2D eigenvalue weighted by molar-refractivity contribution is 5.81. The summed E-state index contributed by atoms with van der Waals surface area (Å²) in [6.45, 7) is 3.38. The van der Waals surface area contributed by atoms with Crippen LogP contribution >= 0.6 is 0 Å². The van der Waals surface area contributed by atoms with Gasteiger partial charge in [-0.2, -0.15) is 0 Å². The fourth-order valence-corrected chi connectivity index (χ4v) is 3.24. The SMILES string of the molecule is CN1CCCC(N(C)CC2CCCCC2=O)C1. The molecule has 98 valence electrons. The first kappa shape index (κ1) is 13.0. The molecular weight excluding hydrogens is 212 g/mol. The maximum Gasteiger partial charge on any atom is 0.137 e. The molecule has 1 heterocycles. The topological polar surface area (TPSA) is 23.6 Å². The summed E-state index contributed by atoms with van der Waals surface area (Å²) in [6, 6.07) is 0.656. The molecule has 1 aliphatic heterocycles. The van der Waals surface area contributed by atoms with Crippen LogP contribution in [0.1, 0.15) is 38.5 Å². The van der Waals surface area contributed by atoms with Gasteiger partial charge >= 0.3 is 0 Å². The fraction of sp³-hybridized carbons (Fsp3) is 0.929. The highest BCUT2D eigenvalue weighted by Crippen LogP contribution is 2.23. The molecule has 3 nitrogen and oxygen atoms in total. The number of carbonyl (C=O) groups excluding carboxylic acids is 1. The first-order chi connectivity index (χ1) is 8.16. The maximum atomic E-state index is 11.8. The third-order valence-corrected chi connectivity index (χ3v) is 4.41. The molecule has 0 N–H and O–H groups in total. The van der Waals surface area contributed by atoms with E-state index < -0.39 is 0 Å². The first-order valence-electron chi connectivity index (χ1n) is 7.08. The van der Waals surface area contributed by atoms with E-state index in [-0.39, 0.29) is 0 Å². The van der Waals surface area contributed by atoms with Crippen molar-refractivity contribution in [1.29, 1.82) is 0 Å². The van der Waals surface area contributed by atoms with Crippen LogP contribution in [-0.4, -0.2) is 55.4 Å². The van der Waals surface area contributed by atoms with Gasteiger partial charge in [0.1, 0.15) is 5.78 Å². The van der Waals surface area contributed by atoms with Crippen LogP contribution in [0.2, 0.25) is 0 Å². The van der Waals surface area contributed by atoms with Crippen LogP contribution in [-0.2, 0) is 4.79 Å². The van der Waals surface area contributed by atoms with Crippen molar-refractivity contribution in [2.75, 3.05) is 33.7 Å². The van der Waals surface area contributed by atoms with Gasteiger partial charge in [-0.3, -0.25) is 4.79 Å². The molecule has 0 radical (unpaired) electrons. The van der Waals surface area contributed by atoms with Gasteiger partial charge in [0.05, 0.1) is 0 Å². The number of piperidine rings is 1. The van der Waals surface area contributed by atoms with Gasteiger partial charge in [0.15, 0.2) is 0 Å². The first-order valence-corrected chi connectivity index (χ1v) is 7.08. The summed E-state index contributed by atoms with van der Waals surface area (Å²) in [5.41, 5.74) is 0. The number of hydrogen-bond donors (Lipinski definition) is 0. The normalized spacial score (nSPS) is 32.1. The predicted octanol–water partition coefficient (Wildman–Crippen LogP) is 1.77. The molecule has 2 unspecified atom stereocenters. The number of carbonyl (C=O) groups is 1. The fourth-order valence-electron chi connectivity index (χ4n) is 3.24. The Balaban J connectivity index is 1.82. The maximum absolute atomic E-state index is 11.8. The number of Topliss-reactive ketones (excluding diaryl/α,β-unsaturated/α-hetero) is 1. The number of rotatable bonds is 3. The molecule has 3 heteroatoms. The summed E-state index contributed by atoms with van der Waals surface area (Å²) in [5, 5.41) is 0. The van der Waals surface area contributed by atoms with E-state index in [0.717, 1.165) is 32.4 Å². The Labute approximate surface area is 105 Å². The Hall–Kier alpha value is -0.410. The van der Waals surface area contributed by atoms with Gasteiger partial charge in [0.2, 0.25) is 0 Å². The zero-order chi connectivity index (χ0) is 12.3. The van der Waals surface area contributed by atoms with Crippen LogP contribution in [0.3, 0.4) is 0 Å². The van der Waals surface area contributed by atoms with Crippen LogP contribution < -0.4 is 0 Å². The molecule has 17 heavy (non-hydrogen) atoms. The lowest BCUT2D eigenvalue weighted by atomic mass is 9.87. The largest absolute Gasteiger partial charge is 0.305 e. The average molecular weight is 238 g/mol. The Morgan fingerprint density at radius 3 is 2.82 bits per heavy atom. The molecule has 2 aliphatic rings. The predicted molar refractivity (Wildman–Crippen MR) is 70.1 cm³/mol. The van der Waals surface area contributed by atoms with E-state index in [1.807, 2.05) is 0 Å². The van der Waals surface area contributed by atoms with Gasteiger partial charge < -0.3 is 9.80 Å². The second kappa shape index (κ2) is 5.96. The van der Waals surface area contributed by atoms with Crippen LogP contribution in [0.25, 0.3) is 0 Å². The molecule has 0 bridgehead atoms. The second-order valence-electron chi connectivity index (χ2n) is 5.91. The van der Waals surface area contributed by atoms with Crippen molar-refractivity contribution in [2.24, 2.45) is 5.92 Å². The molecule has 0 aromatic heterocycles. The molecule has 0 amide bonds. The van der Waals surface area contributed by atoms with Crippen molar-refractivity contribution >= 4 is 5.78 Å². The number of ketones is 1. The quantitative estimate of drug-likeness (QED) is 0.748. The summed E-state index contributed by atoms with van der Waals surface area (Å²) in [7, 11) is 4.40. The molecule has 1 saturated carbocycles. The third-order valence-electron chi connectivity index (χ3n) is 4.41. The average Bonchev–Trinajstić information content (AvgIpc) is 2.32. The molecule has 0 spiro atoms. The van der Waals surface area contributed by atoms with Gasteiger partial charge in [-0.15, -0.1) is 0 Å². The van der Waals surface area contributed by atoms with Crippen molar-refractivity contribution in [2.45, 2.75) is 44.6 Å². The van der Waals surface area contributed by atoms with E-state index >= 15 is 0 Å². The number of nitrogens with zero attached hydrogens (tertiary/aromatic N) is 2. The van der Waals surface area contributed by atoms with Crippen molar-refractivity contribution in [1.82, 2.24) is 9.80 Å². The van der Waals surface area contributed by atoms with Crippen LogP contribution in [0, 0.1) is 5.92 Å². The van der Waals surface area contributed by atoms with E-state index in [9.17, 15) is 4.79 Å². The summed E-state index contributed by atoms with van der Waals surface area (Å²) in [6.07, 6.45) is 6.89. The number of likely N-dealkylation sites (N-methyl/N-ethyl adjacent to an activating group) is 2. The second-order valence-corrected chi connectivity index (χ2v) is 5.91. The van der Waals surface area contributed by atoms with Crippen LogP contribution in [0.15, 0.2) is 0 Å². The molecule has 2 atom stereocenters. The minimum Gasteiger partial charge on any atom is -0.305 e. The monoisotopic (exact) mass is 238 g/mol. The van der Waals surface area contributed by atoms with Gasteiger partial charge in [-0.05, 0) is 46.3 Å². The number of likely N-dealkylation sites (tertiary alicyclic amines) is 1. The van der Waals surface area contributed by atoms with Crippen LogP contribution in [0.5, 0.6) is 0 Å². The van der Waals surface area contributed by atoms with Crippen molar-refractivity contribution in [3.05, 3.63) is 0 Å². The molecule has 0 aromatic rings. The van der Waals surface area contributed by atoms with E-state index in [2.05, 4.69) is 23.9 Å². The third kappa shape index (κ3) is 3.52. The van der Waals surface area contributed by atoms with E-state index in [1.54, 1.807) is 0 Å². The standard InChI is InChI=1S/C14H26N2O/c1-15-9-5-7-13(11-15)16(2)10-12-6-3-4-8-14(12)17/h12-13H,3-11H2,1-2H3. The molecule has 2 fully saturated rings. The van der Waals surface area contributed by atoms with E-state index in [0.29, 0.717) is 17.7 Å². The lowest BCUT2D eigenvalue weighted by Gasteiger charge is -2.37. The highest BCUT2D eigenvalue weighted by atomic mass is 16.1. The molecule has 1 saturated heterocycles. The Kier molecular flexibility index (Phi) is 4.57. The summed E-state index contributed by atoms with van der Waals surface area (Å²) < 4.78 is 0. The van der Waals surface area contributed by atoms with E-state index in [1.165, 1.54) is 25.8 Å². The lowest BCUT2D eigenvalue weighted by Crippen LogP contribution is -2.47. The van der Waals surface area contributed by atoms with Gasteiger partial charge in [0.25, 0.3) is 0 Å². The molecule has 0 aromatic carbocycles. The van der Waals surface area contributed by atoms with E-state index in [4.69, 9.17) is 0 Å². The van der Waals surface area contributed by atoms with Crippen LogP contribution in [0.4, 0.5) is 0 Å². The summed E-state index contributed by atoms with van der Waals surface area (Å²) >= 11 is 0. The zero-order valence-corrected chi connectivity index (χ0v) is 11.3. The van der Waals surface area contributed by atoms with Gasteiger partial charge in [-0.1, -0.05) is 6.42 Å². The molecule has 1 aliphatic carbocycles. The minimum absolute atomic E-state index is 0.320. The number of hydrogen-bond acceptors (Lipinski definition) is 3. The van der Waals surface area contributed by atoms with Crippen molar-refractivity contribution in [3.8, 4) is 0 Å². The van der Waals surface area contributed by atoms with Crippen molar-refractivity contribution < 1.29 is 4.79 Å². The minimum atomic E-state index is 0.320. The lowest BCUT2D eigenvalue weighted by molar-refractivity contribution is -0.125. The van der Waals surface area contributed by atoms with Crippen molar-refractivity contribution in [3.63, 3.8) is 0 Å². The Morgan fingerprint density at radius 1 is 1.29 bits per heavy atom. The zero-order valence-electron chi connectivity index (χ0n) is 11.3. The smallest absolute Gasteiger partial charge is 0.137 e. The highest BCUT2D eigenvalue weighted by Gasteiger charge is 2.27. The van der Waals surface area contributed by atoms with Gasteiger partial charge in [-0.25, -0.2) is 0 Å². The molecular formula is C14H26N2O. The summed E-state index contributed by atoms with van der Waals surface area (Å²) in [5.74, 6) is 0.827. The Morgan fingerprint density at radius 2 is 2.12 bits per heavy atom. The summed E-state index contributed by atoms with van der Waals surface area (Å²) in [4.78, 5) is 16.7.